The number of benzene rings is 3. The van der Waals surface area contributed by atoms with E-state index < -0.39 is 5.91 Å². The molecular formula is C24H20ClN5O2. The van der Waals surface area contributed by atoms with E-state index >= 15 is 0 Å². The van der Waals surface area contributed by atoms with Gasteiger partial charge in [0.1, 0.15) is 6.61 Å². The van der Waals surface area contributed by atoms with Crippen molar-refractivity contribution < 1.29 is 9.53 Å². The molecule has 0 radical (unpaired) electrons. The second kappa shape index (κ2) is 10.4. The molecule has 0 fully saturated rings. The Morgan fingerprint density at radius 1 is 0.969 bits per heavy atom. The van der Waals surface area contributed by atoms with E-state index in [-0.39, 0.29) is 18.2 Å². The molecule has 0 saturated carbocycles. The van der Waals surface area contributed by atoms with Gasteiger partial charge in [0.2, 0.25) is 5.69 Å². The summed E-state index contributed by atoms with van der Waals surface area (Å²) in [5.74, 6) is -0.241. The number of hydrogen-bond acceptors (Lipinski definition) is 5. The van der Waals surface area contributed by atoms with Gasteiger partial charge >= 0.3 is 0 Å². The summed E-state index contributed by atoms with van der Waals surface area (Å²) >= 11 is 5.93. The van der Waals surface area contributed by atoms with E-state index in [1.54, 1.807) is 18.3 Å². The summed E-state index contributed by atoms with van der Waals surface area (Å²) in [7, 11) is 0. The lowest BCUT2D eigenvalue weighted by Gasteiger charge is -2.08. The summed E-state index contributed by atoms with van der Waals surface area (Å²) in [6.07, 6.45) is 1.59. The van der Waals surface area contributed by atoms with Crippen LogP contribution in [0.3, 0.4) is 0 Å². The van der Waals surface area contributed by atoms with Crippen molar-refractivity contribution in [1.29, 1.82) is 0 Å². The number of amides is 1. The average Bonchev–Trinajstić information content (AvgIpc) is 3.25. The van der Waals surface area contributed by atoms with Crippen molar-refractivity contribution in [3.8, 4) is 5.88 Å². The summed E-state index contributed by atoms with van der Waals surface area (Å²) in [6.45, 7) is 0.600. The zero-order valence-corrected chi connectivity index (χ0v) is 17.8. The van der Waals surface area contributed by atoms with Crippen LogP contribution in [0.4, 0.5) is 0 Å². The first kappa shape index (κ1) is 21.3. The van der Waals surface area contributed by atoms with Crippen LogP contribution in [-0.4, -0.2) is 27.2 Å². The van der Waals surface area contributed by atoms with E-state index in [2.05, 4.69) is 20.7 Å². The molecule has 0 aliphatic heterocycles. The predicted octanol–water partition coefficient (Wildman–Crippen LogP) is 4.32. The second-order valence-corrected chi connectivity index (χ2v) is 7.31. The molecule has 0 bridgehead atoms. The van der Waals surface area contributed by atoms with Gasteiger partial charge in [-0.2, -0.15) is 5.10 Å². The van der Waals surface area contributed by atoms with Gasteiger partial charge in [-0.3, -0.25) is 4.79 Å². The third-order valence-electron chi connectivity index (χ3n) is 4.53. The molecule has 1 N–H and O–H groups in total. The van der Waals surface area contributed by atoms with E-state index in [9.17, 15) is 4.79 Å². The normalized spacial score (nSPS) is 10.9. The van der Waals surface area contributed by atoms with Crippen molar-refractivity contribution >= 4 is 23.7 Å². The van der Waals surface area contributed by atoms with E-state index in [0.29, 0.717) is 11.6 Å². The van der Waals surface area contributed by atoms with Gasteiger partial charge < -0.3 is 10.1 Å². The Morgan fingerprint density at radius 2 is 1.62 bits per heavy atom. The third kappa shape index (κ3) is 5.59. The molecule has 4 rings (SSSR count). The molecule has 1 heterocycles. The maximum absolute atomic E-state index is 12.8. The average molecular weight is 446 g/mol. The van der Waals surface area contributed by atoms with Gasteiger partial charge in [0.05, 0.1) is 6.21 Å². The molecule has 0 unspecified atom stereocenters. The van der Waals surface area contributed by atoms with Crippen LogP contribution in [0.15, 0.2) is 90.0 Å². The highest BCUT2D eigenvalue weighted by molar-refractivity contribution is 6.30. The Balaban J connectivity index is 1.55. The van der Waals surface area contributed by atoms with Crippen molar-refractivity contribution in [2.75, 3.05) is 0 Å². The van der Waals surface area contributed by atoms with E-state index in [4.69, 9.17) is 16.3 Å². The zero-order valence-electron chi connectivity index (χ0n) is 17.1. The molecule has 0 aliphatic carbocycles. The maximum atomic E-state index is 12.8. The predicted molar refractivity (Wildman–Crippen MR) is 123 cm³/mol. The molecule has 7 nitrogen and oxygen atoms in total. The fourth-order valence-electron chi connectivity index (χ4n) is 2.87. The van der Waals surface area contributed by atoms with Crippen molar-refractivity contribution in [2.24, 2.45) is 5.10 Å². The van der Waals surface area contributed by atoms with Crippen LogP contribution in [0.25, 0.3) is 0 Å². The molecule has 160 valence electrons. The minimum Gasteiger partial charge on any atom is -0.470 e. The molecule has 0 atom stereocenters. The van der Waals surface area contributed by atoms with E-state index in [1.165, 1.54) is 4.79 Å². The Labute approximate surface area is 190 Å². The number of rotatable bonds is 8. The molecule has 0 spiro atoms. The van der Waals surface area contributed by atoms with Crippen molar-refractivity contribution in [1.82, 2.24) is 20.4 Å². The monoisotopic (exact) mass is 445 g/mol. The summed E-state index contributed by atoms with van der Waals surface area (Å²) in [4.78, 5) is 14.0. The number of halogens is 1. The molecule has 3 aromatic carbocycles. The molecule has 32 heavy (non-hydrogen) atoms. The van der Waals surface area contributed by atoms with Crippen LogP contribution in [0.5, 0.6) is 5.88 Å². The summed E-state index contributed by atoms with van der Waals surface area (Å²) in [5, 5.41) is 15.8. The molecule has 1 aromatic heterocycles. The van der Waals surface area contributed by atoms with Crippen molar-refractivity contribution in [3.63, 3.8) is 0 Å². The molecule has 4 aromatic rings. The fraction of sp³-hybridized carbons (Fsp3) is 0.0833. The van der Waals surface area contributed by atoms with E-state index in [1.807, 2.05) is 72.8 Å². The Hall–Kier alpha value is -3.97. The molecule has 1 amide bonds. The van der Waals surface area contributed by atoms with Gasteiger partial charge in [0.25, 0.3) is 11.8 Å². The van der Waals surface area contributed by atoms with Crippen LogP contribution in [0, 0.1) is 0 Å². The Morgan fingerprint density at radius 3 is 2.31 bits per heavy atom. The van der Waals surface area contributed by atoms with Gasteiger partial charge in [-0.1, -0.05) is 89.2 Å². The van der Waals surface area contributed by atoms with Gasteiger partial charge in [-0.05, 0) is 34.0 Å². The number of nitrogens with zero attached hydrogens (tertiary/aromatic N) is 4. The number of nitrogens with one attached hydrogen (secondary N) is 1. The first-order valence-corrected chi connectivity index (χ1v) is 10.3. The molecule has 0 saturated heterocycles. The standard InChI is InChI=1S/C24H20ClN5O2/c25-21-13-11-19(12-14-21)16-27-30-24(32-17-20-9-5-2-6-10-20)22(28-29-30)23(31)26-15-18-7-3-1-4-8-18/h1-14,16H,15,17H2,(H,26,31). The maximum Gasteiger partial charge on any atom is 0.277 e. The topological polar surface area (TPSA) is 81.4 Å². The van der Waals surface area contributed by atoms with Crippen LogP contribution >= 0.6 is 11.6 Å². The fourth-order valence-corrected chi connectivity index (χ4v) is 2.99. The van der Waals surface area contributed by atoms with E-state index in [0.717, 1.165) is 16.7 Å². The Bertz CT molecular complexity index is 1190. The first-order chi connectivity index (χ1) is 15.7. The molecule has 8 heteroatoms. The molecular weight excluding hydrogens is 426 g/mol. The van der Waals surface area contributed by atoms with Gasteiger partial charge in [0, 0.05) is 11.6 Å². The van der Waals surface area contributed by atoms with Gasteiger partial charge in [-0.15, -0.1) is 5.10 Å². The van der Waals surface area contributed by atoms with Crippen LogP contribution in [0.2, 0.25) is 5.02 Å². The lowest BCUT2D eigenvalue weighted by Crippen LogP contribution is -2.24. The molecule has 0 aliphatic rings. The zero-order chi connectivity index (χ0) is 22.2. The second-order valence-electron chi connectivity index (χ2n) is 6.87. The first-order valence-electron chi connectivity index (χ1n) is 9.93. The number of carbonyl (C=O) groups excluding carboxylic acids is 1. The minimum absolute atomic E-state index is 0.0603. The van der Waals surface area contributed by atoms with Crippen molar-refractivity contribution in [3.05, 3.63) is 112 Å². The number of carbonyl (C=O) groups is 1. The number of aromatic nitrogens is 3. The summed E-state index contributed by atoms with van der Waals surface area (Å²) in [5.41, 5.74) is 2.79. The minimum atomic E-state index is -0.398. The lowest BCUT2D eigenvalue weighted by molar-refractivity contribution is 0.0940. The number of hydrogen-bond donors (Lipinski definition) is 1. The highest BCUT2D eigenvalue weighted by Gasteiger charge is 2.21. The largest absolute Gasteiger partial charge is 0.470 e. The Kier molecular flexibility index (Phi) is 6.89. The lowest BCUT2D eigenvalue weighted by atomic mass is 10.2. The quantitative estimate of drug-likeness (QED) is 0.409. The summed E-state index contributed by atoms with van der Waals surface area (Å²) < 4.78 is 5.92. The van der Waals surface area contributed by atoms with Crippen LogP contribution < -0.4 is 10.1 Å². The SMILES string of the molecule is O=C(NCc1ccccc1)c1nnn(N=Cc2ccc(Cl)cc2)c1OCc1ccccc1. The third-order valence-corrected chi connectivity index (χ3v) is 4.78. The smallest absolute Gasteiger partial charge is 0.277 e. The highest BCUT2D eigenvalue weighted by atomic mass is 35.5. The highest BCUT2D eigenvalue weighted by Crippen LogP contribution is 2.18. The number of ether oxygens (including phenoxy) is 1. The van der Waals surface area contributed by atoms with Crippen LogP contribution in [-0.2, 0) is 13.2 Å². The van der Waals surface area contributed by atoms with Gasteiger partial charge in [-0.25, -0.2) is 0 Å². The van der Waals surface area contributed by atoms with Crippen LogP contribution in [0.1, 0.15) is 27.2 Å². The van der Waals surface area contributed by atoms with Crippen molar-refractivity contribution in [2.45, 2.75) is 13.2 Å². The summed E-state index contributed by atoms with van der Waals surface area (Å²) in [6, 6.07) is 26.4. The van der Waals surface area contributed by atoms with Gasteiger partial charge in [0.15, 0.2) is 0 Å².